The van der Waals surface area contributed by atoms with Gasteiger partial charge in [0, 0.05) is 50.4 Å². The molecular formula is C17H24N4O3S2. The average Bonchev–Trinajstić information content (AvgIpc) is 3.23. The molecule has 0 radical (unpaired) electrons. The van der Waals surface area contributed by atoms with Crippen molar-refractivity contribution in [1.29, 1.82) is 0 Å². The summed E-state index contributed by atoms with van der Waals surface area (Å²) in [6.07, 6.45) is 5.02. The van der Waals surface area contributed by atoms with Crippen LogP contribution in [-0.4, -0.2) is 53.4 Å². The number of carbonyl (C=O) groups excluding carboxylic acids is 1. The molecule has 1 atom stereocenters. The van der Waals surface area contributed by atoms with Gasteiger partial charge in [-0.15, -0.1) is 11.3 Å². The molecule has 1 saturated heterocycles. The van der Waals surface area contributed by atoms with E-state index in [9.17, 15) is 13.2 Å². The van der Waals surface area contributed by atoms with Crippen LogP contribution in [0.15, 0.2) is 28.7 Å². The molecular weight excluding hydrogens is 372 g/mol. The Hall–Kier alpha value is -1.71. The van der Waals surface area contributed by atoms with Gasteiger partial charge in [0.2, 0.25) is 5.91 Å². The molecule has 1 amide bonds. The van der Waals surface area contributed by atoms with E-state index in [1.165, 1.54) is 15.6 Å². The molecule has 1 fully saturated rings. The van der Waals surface area contributed by atoms with Crippen LogP contribution >= 0.6 is 11.3 Å². The first-order valence-corrected chi connectivity index (χ1v) is 10.8. The van der Waals surface area contributed by atoms with Crippen molar-refractivity contribution in [2.45, 2.75) is 30.5 Å². The Morgan fingerprint density at radius 1 is 1.42 bits per heavy atom. The Morgan fingerprint density at radius 3 is 2.81 bits per heavy atom. The number of piperidine rings is 1. The van der Waals surface area contributed by atoms with Crippen molar-refractivity contribution in [3.05, 3.63) is 35.0 Å². The van der Waals surface area contributed by atoms with Crippen molar-refractivity contribution < 1.29 is 13.2 Å². The van der Waals surface area contributed by atoms with Crippen LogP contribution in [0.2, 0.25) is 0 Å². The summed E-state index contributed by atoms with van der Waals surface area (Å²) in [6, 6.07) is 3.46. The van der Waals surface area contributed by atoms with E-state index in [1.54, 1.807) is 28.9 Å². The zero-order chi connectivity index (χ0) is 18.9. The molecule has 3 rings (SSSR count). The standard InChI is InChI=1S/C17H24N4O3S2/c1-13-6-7-16(25-13)26(23,24)21-8-4-5-15(12-21)17(22)19(2)10-14-9-18-20(3)11-14/h6-7,9,11,15H,4-5,8,10,12H2,1-3H3. The smallest absolute Gasteiger partial charge is 0.252 e. The fourth-order valence-corrected chi connectivity index (χ4v) is 6.22. The van der Waals surface area contributed by atoms with Crippen molar-refractivity contribution in [2.24, 2.45) is 13.0 Å². The number of nitrogens with zero attached hydrogens (tertiary/aromatic N) is 4. The summed E-state index contributed by atoms with van der Waals surface area (Å²) in [6.45, 7) is 3.07. The van der Waals surface area contributed by atoms with Gasteiger partial charge in [-0.1, -0.05) is 0 Å². The lowest BCUT2D eigenvalue weighted by atomic mass is 9.98. The highest BCUT2D eigenvalue weighted by Gasteiger charge is 2.35. The zero-order valence-corrected chi connectivity index (χ0v) is 16.9. The molecule has 9 heteroatoms. The minimum absolute atomic E-state index is 0.0175. The van der Waals surface area contributed by atoms with E-state index in [0.29, 0.717) is 30.1 Å². The van der Waals surface area contributed by atoms with Crippen LogP contribution in [0.4, 0.5) is 0 Å². The molecule has 0 aliphatic carbocycles. The fourth-order valence-electron chi connectivity index (χ4n) is 3.26. The van der Waals surface area contributed by atoms with E-state index >= 15 is 0 Å². The van der Waals surface area contributed by atoms with Gasteiger partial charge in [0.1, 0.15) is 4.21 Å². The van der Waals surface area contributed by atoms with Gasteiger partial charge in [-0.05, 0) is 31.9 Å². The minimum Gasteiger partial charge on any atom is -0.341 e. The third-order valence-electron chi connectivity index (χ3n) is 4.60. The lowest BCUT2D eigenvalue weighted by Gasteiger charge is -2.32. The molecule has 2 aromatic heterocycles. The number of thiophene rings is 1. The van der Waals surface area contributed by atoms with Gasteiger partial charge in [0.15, 0.2) is 0 Å². The third-order valence-corrected chi connectivity index (χ3v) is 7.93. The first-order chi connectivity index (χ1) is 12.3. The highest BCUT2D eigenvalue weighted by atomic mass is 32.2. The van der Waals surface area contributed by atoms with Gasteiger partial charge in [-0.25, -0.2) is 8.42 Å². The number of hydrogen-bond acceptors (Lipinski definition) is 5. The number of hydrogen-bond donors (Lipinski definition) is 0. The van der Waals surface area contributed by atoms with Gasteiger partial charge >= 0.3 is 0 Å². The molecule has 2 aromatic rings. The van der Waals surface area contributed by atoms with Crippen molar-refractivity contribution in [2.75, 3.05) is 20.1 Å². The largest absolute Gasteiger partial charge is 0.341 e. The van der Waals surface area contributed by atoms with Crippen LogP contribution in [0.5, 0.6) is 0 Å². The number of sulfonamides is 1. The van der Waals surface area contributed by atoms with Crippen molar-refractivity contribution in [3.63, 3.8) is 0 Å². The summed E-state index contributed by atoms with van der Waals surface area (Å²) in [4.78, 5) is 15.4. The zero-order valence-electron chi connectivity index (χ0n) is 15.3. The SMILES string of the molecule is Cc1ccc(S(=O)(=O)N2CCCC(C(=O)N(C)Cc3cnn(C)c3)C2)s1. The molecule has 3 heterocycles. The topological polar surface area (TPSA) is 75.5 Å². The number of carbonyl (C=O) groups is 1. The minimum atomic E-state index is -3.52. The van der Waals surface area contributed by atoms with E-state index in [1.807, 2.05) is 26.2 Å². The fraction of sp³-hybridized carbons (Fsp3) is 0.529. The molecule has 0 aromatic carbocycles. The van der Waals surface area contributed by atoms with Crippen LogP contribution in [0, 0.1) is 12.8 Å². The Labute approximate surface area is 158 Å². The molecule has 1 unspecified atom stereocenters. The Kier molecular flexibility index (Phi) is 5.50. The number of amides is 1. The monoisotopic (exact) mass is 396 g/mol. The molecule has 0 saturated carbocycles. The number of rotatable bonds is 5. The predicted molar refractivity (Wildman–Crippen MR) is 100 cm³/mol. The van der Waals surface area contributed by atoms with E-state index in [4.69, 9.17) is 0 Å². The summed E-state index contributed by atoms with van der Waals surface area (Å²) in [5.41, 5.74) is 0.956. The second-order valence-corrected chi connectivity index (χ2v) is 10.2. The van der Waals surface area contributed by atoms with Crippen molar-refractivity contribution in [3.8, 4) is 0 Å². The summed E-state index contributed by atoms with van der Waals surface area (Å²) in [5.74, 6) is -0.322. The van der Waals surface area contributed by atoms with Gasteiger partial charge in [-0.3, -0.25) is 9.48 Å². The number of aryl methyl sites for hydroxylation is 2. The maximum absolute atomic E-state index is 12.8. The summed E-state index contributed by atoms with van der Waals surface area (Å²) < 4.78 is 29.2. The molecule has 26 heavy (non-hydrogen) atoms. The quantitative estimate of drug-likeness (QED) is 0.773. The van der Waals surface area contributed by atoms with Gasteiger partial charge in [-0.2, -0.15) is 9.40 Å². The van der Waals surface area contributed by atoms with Gasteiger partial charge in [0.05, 0.1) is 12.1 Å². The molecule has 1 aliphatic heterocycles. The Balaban J connectivity index is 1.68. The first kappa shape index (κ1) is 19.1. The number of aromatic nitrogens is 2. The van der Waals surface area contributed by atoms with Gasteiger partial charge < -0.3 is 4.90 Å². The lowest BCUT2D eigenvalue weighted by Crippen LogP contribution is -2.45. The highest BCUT2D eigenvalue weighted by molar-refractivity contribution is 7.91. The van der Waals surface area contributed by atoms with Crippen LogP contribution in [-0.2, 0) is 28.4 Å². The lowest BCUT2D eigenvalue weighted by molar-refractivity contribution is -0.135. The van der Waals surface area contributed by atoms with Crippen molar-refractivity contribution >= 4 is 27.3 Å². The van der Waals surface area contributed by atoms with Crippen LogP contribution in [0.3, 0.4) is 0 Å². The predicted octanol–water partition coefficient (Wildman–Crippen LogP) is 1.85. The highest BCUT2D eigenvalue weighted by Crippen LogP contribution is 2.28. The van der Waals surface area contributed by atoms with Crippen LogP contribution < -0.4 is 0 Å². The van der Waals surface area contributed by atoms with E-state index in [2.05, 4.69) is 5.10 Å². The Morgan fingerprint density at radius 2 is 2.19 bits per heavy atom. The molecule has 1 aliphatic rings. The molecule has 0 spiro atoms. The molecule has 7 nitrogen and oxygen atoms in total. The van der Waals surface area contributed by atoms with E-state index in [-0.39, 0.29) is 18.4 Å². The summed E-state index contributed by atoms with van der Waals surface area (Å²) in [5, 5.41) is 4.11. The summed E-state index contributed by atoms with van der Waals surface area (Å²) in [7, 11) is 0.0691. The molecule has 0 bridgehead atoms. The molecule has 142 valence electrons. The van der Waals surface area contributed by atoms with Crippen LogP contribution in [0.1, 0.15) is 23.3 Å². The average molecular weight is 397 g/mol. The first-order valence-electron chi connectivity index (χ1n) is 8.56. The normalized spacial score (nSPS) is 18.8. The maximum atomic E-state index is 12.8. The van der Waals surface area contributed by atoms with Crippen LogP contribution in [0.25, 0.3) is 0 Å². The van der Waals surface area contributed by atoms with E-state index < -0.39 is 10.0 Å². The third kappa shape index (κ3) is 3.99. The maximum Gasteiger partial charge on any atom is 0.252 e. The summed E-state index contributed by atoms with van der Waals surface area (Å²) >= 11 is 1.27. The van der Waals surface area contributed by atoms with Gasteiger partial charge in [0.25, 0.3) is 10.0 Å². The second kappa shape index (κ2) is 7.50. The molecule has 0 N–H and O–H groups in total. The van der Waals surface area contributed by atoms with Crippen molar-refractivity contribution in [1.82, 2.24) is 19.0 Å². The Bertz CT molecular complexity index is 887. The van der Waals surface area contributed by atoms with E-state index in [0.717, 1.165) is 10.4 Å². The second-order valence-electron chi connectivity index (χ2n) is 6.78.